The van der Waals surface area contributed by atoms with Gasteiger partial charge in [-0.3, -0.25) is 10.1 Å². The minimum atomic E-state index is -0.219. The van der Waals surface area contributed by atoms with Crippen LogP contribution in [0, 0.1) is 10.1 Å². The highest BCUT2D eigenvalue weighted by Gasteiger charge is 2.28. The highest BCUT2D eigenvalue weighted by Crippen LogP contribution is 2.48. The SMILES string of the molecule is O=[N+]([O-])c1c2ccc3ccccc3c2c2c3c1ccc1cccc(c13)C2. The molecule has 0 bridgehead atoms. The Morgan fingerprint density at radius 1 is 0.692 bits per heavy atom. The summed E-state index contributed by atoms with van der Waals surface area (Å²) in [5.74, 6) is 0. The van der Waals surface area contributed by atoms with Gasteiger partial charge < -0.3 is 0 Å². The van der Waals surface area contributed by atoms with Crippen molar-refractivity contribution in [2.75, 3.05) is 0 Å². The number of benzene rings is 5. The molecule has 0 heterocycles. The van der Waals surface area contributed by atoms with E-state index in [1.54, 1.807) is 0 Å². The maximum absolute atomic E-state index is 12.0. The van der Waals surface area contributed by atoms with Gasteiger partial charge in [0.2, 0.25) is 0 Å². The zero-order chi connectivity index (χ0) is 17.4. The second kappa shape index (κ2) is 4.58. The first kappa shape index (κ1) is 13.8. The number of nitrogens with zero attached hydrogens (tertiary/aromatic N) is 1. The van der Waals surface area contributed by atoms with Gasteiger partial charge in [-0.1, -0.05) is 54.6 Å². The lowest BCUT2D eigenvalue weighted by Crippen LogP contribution is -1.95. The highest BCUT2D eigenvalue weighted by molar-refractivity contribution is 6.27. The molecule has 0 spiro atoms. The number of hydrogen-bond donors (Lipinski definition) is 0. The van der Waals surface area contributed by atoms with Gasteiger partial charge in [-0.15, -0.1) is 0 Å². The molecule has 0 saturated carbocycles. The third-order valence-corrected chi connectivity index (χ3v) is 5.72. The Morgan fingerprint density at radius 3 is 2.27 bits per heavy atom. The average Bonchev–Trinajstić information content (AvgIpc) is 3.05. The van der Waals surface area contributed by atoms with E-state index >= 15 is 0 Å². The maximum atomic E-state index is 12.0. The van der Waals surface area contributed by atoms with Crippen LogP contribution in [0.3, 0.4) is 0 Å². The molecule has 1 aliphatic carbocycles. The molecule has 26 heavy (non-hydrogen) atoms. The molecular formula is C23H13NO2. The Bertz CT molecular complexity index is 1410. The van der Waals surface area contributed by atoms with Gasteiger partial charge in [-0.05, 0) is 51.2 Å². The first-order valence-electron chi connectivity index (χ1n) is 8.69. The second-order valence-corrected chi connectivity index (χ2v) is 6.97. The second-order valence-electron chi connectivity index (χ2n) is 6.97. The van der Waals surface area contributed by atoms with E-state index in [1.807, 2.05) is 36.4 Å². The van der Waals surface area contributed by atoms with Crippen LogP contribution < -0.4 is 0 Å². The summed E-state index contributed by atoms with van der Waals surface area (Å²) in [4.78, 5) is 11.8. The smallest absolute Gasteiger partial charge is 0.258 e. The van der Waals surface area contributed by atoms with Crippen molar-refractivity contribution in [1.29, 1.82) is 0 Å². The molecule has 5 aromatic rings. The molecular weight excluding hydrogens is 322 g/mol. The van der Waals surface area contributed by atoms with E-state index in [0.717, 1.165) is 44.1 Å². The Labute approximate surface area is 148 Å². The third kappa shape index (κ3) is 1.53. The largest absolute Gasteiger partial charge is 0.285 e. The van der Waals surface area contributed by atoms with Gasteiger partial charge in [0.25, 0.3) is 5.69 Å². The first-order chi connectivity index (χ1) is 12.7. The molecule has 0 saturated heterocycles. The lowest BCUT2D eigenvalue weighted by atomic mass is 9.91. The zero-order valence-corrected chi connectivity index (χ0v) is 13.8. The van der Waals surface area contributed by atoms with Crippen LogP contribution >= 0.6 is 0 Å². The molecule has 0 radical (unpaired) electrons. The lowest BCUT2D eigenvalue weighted by Gasteiger charge is -2.11. The van der Waals surface area contributed by atoms with E-state index in [9.17, 15) is 10.1 Å². The summed E-state index contributed by atoms with van der Waals surface area (Å²) in [6, 6.07) is 22.3. The van der Waals surface area contributed by atoms with Crippen molar-refractivity contribution in [2.24, 2.45) is 0 Å². The van der Waals surface area contributed by atoms with Gasteiger partial charge >= 0.3 is 0 Å². The quantitative estimate of drug-likeness (QED) is 0.157. The van der Waals surface area contributed by atoms with Crippen LogP contribution in [0.4, 0.5) is 5.69 Å². The van der Waals surface area contributed by atoms with Crippen molar-refractivity contribution < 1.29 is 4.92 Å². The summed E-state index contributed by atoms with van der Waals surface area (Å²) >= 11 is 0. The number of hydrogen-bond acceptors (Lipinski definition) is 2. The molecule has 6 rings (SSSR count). The van der Waals surface area contributed by atoms with E-state index in [4.69, 9.17) is 0 Å². The molecule has 0 aliphatic heterocycles. The average molecular weight is 335 g/mol. The van der Waals surface area contributed by atoms with E-state index in [2.05, 4.69) is 30.3 Å². The van der Waals surface area contributed by atoms with Crippen LogP contribution in [0.15, 0.2) is 66.7 Å². The van der Waals surface area contributed by atoms with E-state index in [0.29, 0.717) is 0 Å². The molecule has 1 aliphatic rings. The minimum Gasteiger partial charge on any atom is -0.258 e. The summed E-state index contributed by atoms with van der Waals surface area (Å²) in [6.07, 6.45) is 0.829. The molecule has 5 aromatic carbocycles. The first-order valence-corrected chi connectivity index (χ1v) is 8.69. The van der Waals surface area contributed by atoms with Crippen LogP contribution in [-0.4, -0.2) is 4.92 Å². The van der Waals surface area contributed by atoms with Crippen LogP contribution in [0.5, 0.6) is 0 Å². The number of nitro groups is 1. The van der Waals surface area contributed by atoms with E-state index < -0.39 is 0 Å². The van der Waals surface area contributed by atoms with Gasteiger partial charge in [0.05, 0.1) is 15.7 Å². The highest BCUT2D eigenvalue weighted by atomic mass is 16.6. The number of fused-ring (bicyclic) bond motifs is 4. The minimum absolute atomic E-state index is 0.219. The molecule has 0 atom stereocenters. The fourth-order valence-corrected chi connectivity index (χ4v) is 4.74. The van der Waals surface area contributed by atoms with Crippen molar-refractivity contribution in [3.05, 3.63) is 88.0 Å². The van der Waals surface area contributed by atoms with Crippen molar-refractivity contribution in [2.45, 2.75) is 6.42 Å². The summed E-state index contributed by atoms with van der Waals surface area (Å²) < 4.78 is 0. The predicted octanol–water partition coefficient (Wildman–Crippen LogP) is 6.11. The Hall–Kier alpha value is -3.46. The molecule has 3 nitrogen and oxygen atoms in total. The number of non-ortho nitro benzene ring substituents is 1. The molecule has 0 aromatic heterocycles. The predicted molar refractivity (Wildman–Crippen MR) is 106 cm³/mol. The summed E-state index contributed by atoms with van der Waals surface area (Å²) in [6.45, 7) is 0. The molecule has 0 N–H and O–H groups in total. The molecule has 0 amide bonds. The van der Waals surface area contributed by atoms with Crippen molar-refractivity contribution >= 4 is 48.8 Å². The third-order valence-electron chi connectivity index (χ3n) is 5.72. The monoisotopic (exact) mass is 335 g/mol. The Morgan fingerprint density at radius 2 is 1.42 bits per heavy atom. The summed E-state index contributed by atoms with van der Waals surface area (Å²) in [5, 5.41) is 20.2. The Balaban J connectivity index is 2.01. The summed E-state index contributed by atoms with van der Waals surface area (Å²) in [7, 11) is 0. The van der Waals surface area contributed by atoms with E-state index in [1.165, 1.54) is 16.5 Å². The summed E-state index contributed by atoms with van der Waals surface area (Å²) in [5.41, 5.74) is 2.71. The van der Waals surface area contributed by atoms with Gasteiger partial charge in [0.1, 0.15) is 0 Å². The normalized spacial score (nSPS) is 12.8. The molecule has 122 valence electrons. The van der Waals surface area contributed by atoms with Crippen LogP contribution in [0.25, 0.3) is 43.1 Å². The molecule has 0 fully saturated rings. The van der Waals surface area contributed by atoms with Crippen LogP contribution in [0.1, 0.15) is 11.1 Å². The Kier molecular flexibility index (Phi) is 2.43. The van der Waals surface area contributed by atoms with Crippen molar-refractivity contribution in [3.8, 4) is 0 Å². The fraction of sp³-hybridized carbons (Fsp3) is 0.0435. The van der Waals surface area contributed by atoms with Crippen molar-refractivity contribution in [3.63, 3.8) is 0 Å². The van der Waals surface area contributed by atoms with Gasteiger partial charge in [0.15, 0.2) is 0 Å². The lowest BCUT2D eigenvalue weighted by molar-refractivity contribution is -0.381. The molecule has 0 unspecified atom stereocenters. The van der Waals surface area contributed by atoms with Crippen LogP contribution in [0.2, 0.25) is 0 Å². The topological polar surface area (TPSA) is 43.1 Å². The molecule has 3 heteroatoms. The number of rotatable bonds is 1. The van der Waals surface area contributed by atoms with Crippen LogP contribution in [-0.2, 0) is 6.42 Å². The maximum Gasteiger partial charge on any atom is 0.285 e. The van der Waals surface area contributed by atoms with Gasteiger partial charge in [-0.25, -0.2) is 0 Å². The van der Waals surface area contributed by atoms with Crippen molar-refractivity contribution in [1.82, 2.24) is 0 Å². The van der Waals surface area contributed by atoms with Gasteiger partial charge in [0, 0.05) is 10.8 Å². The standard InChI is InChI=1S/C23H13NO2/c25-24(26)23-17-10-8-13-4-1-2-7-16(13)21(17)19-12-15-6-3-5-14-9-11-18(23)22(19)20(14)15/h1-11H,12H2. The van der Waals surface area contributed by atoms with Gasteiger partial charge in [-0.2, -0.15) is 0 Å². The number of nitro benzene ring substituents is 1. The van der Waals surface area contributed by atoms with E-state index in [-0.39, 0.29) is 10.6 Å². The zero-order valence-electron chi connectivity index (χ0n) is 13.8. The fourth-order valence-electron chi connectivity index (χ4n) is 4.74.